The Bertz CT molecular complexity index is 628. The van der Waals surface area contributed by atoms with Crippen molar-refractivity contribution in [2.24, 2.45) is 17.8 Å². The zero-order valence-electron chi connectivity index (χ0n) is 14.5. The third kappa shape index (κ3) is 2.33. The average Bonchev–Trinajstić information content (AvgIpc) is 2.95. The van der Waals surface area contributed by atoms with Crippen molar-refractivity contribution in [1.82, 2.24) is 4.90 Å². The van der Waals surface area contributed by atoms with Gasteiger partial charge in [-0.2, -0.15) is 0 Å². The van der Waals surface area contributed by atoms with E-state index in [-0.39, 0.29) is 17.7 Å². The molecule has 1 aromatic carbocycles. The molecule has 5 atom stereocenters. The van der Waals surface area contributed by atoms with Crippen LogP contribution in [0.5, 0.6) is 0 Å². The maximum Gasteiger partial charge on any atom is 0.225 e. The molecule has 3 fully saturated rings. The molecule has 1 amide bonds. The molecule has 24 heavy (non-hydrogen) atoms. The molecule has 2 heterocycles. The molecule has 0 aromatic heterocycles. The standard InChI is InChI=1S/C21H27NO2/c1-3-7-17-12-15(2)13-21-18(17)10-11-20(23)22(21)19(14-24-21)16-8-5-4-6-9-16/h3-6,8-9,15,17-19H,1,7,10-14H2,2H3/t15-,17-,18-,19-,21-/m1/s1. The molecule has 3 heteroatoms. The summed E-state index contributed by atoms with van der Waals surface area (Å²) in [6, 6.07) is 10.4. The van der Waals surface area contributed by atoms with Crippen LogP contribution < -0.4 is 0 Å². The number of nitrogens with zero attached hydrogens (tertiary/aromatic N) is 1. The molecule has 0 bridgehead atoms. The van der Waals surface area contributed by atoms with Crippen LogP contribution in [-0.4, -0.2) is 23.1 Å². The van der Waals surface area contributed by atoms with Crippen molar-refractivity contribution in [2.45, 2.75) is 50.8 Å². The predicted molar refractivity (Wildman–Crippen MR) is 94.1 cm³/mol. The molecule has 0 unspecified atom stereocenters. The van der Waals surface area contributed by atoms with E-state index in [9.17, 15) is 4.79 Å². The maximum atomic E-state index is 12.9. The summed E-state index contributed by atoms with van der Waals surface area (Å²) in [6.07, 6.45) is 6.88. The van der Waals surface area contributed by atoms with Crippen LogP contribution in [-0.2, 0) is 9.53 Å². The summed E-state index contributed by atoms with van der Waals surface area (Å²) < 4.78 is 6.50. The highest BCUT2D eigenvalue weighted by Gasteiger charge is 2.60. The molecule has 1 aromatic rings. The smallest absolute Gasteiger partial charge is 0.225 e. The Morgan fingerprint density at radius 1 is 1.38 bits per heavy atom. The number of ether oxygens (including phenoxy) is 1. The second-order valence-electron chi connectivity index (χ2n) is 7.82. The Kier molecular flexibility index (Phi) is 4.00. The van der Waals surface area contributed by atoms with Gasteiger partial charge in [-0.15, -0.1) is 6.58 Å². The minimum Gasteiger partial charge on any atom is -0.353 e. The SMILES string of the molecule is C=CC[C@@H]1C[C@@H](C)C[C@]23OC[C@H](c4ccccc4)N2C(=O)CC[C@H]13. The number of carbonyl (C=O) groups excluding carboxylic acids is 1. The van der Waals surface area contributed by atoms with E-state index in [0.717, 1.165) is 19.3 Å². The lowest BCUT2D eigenvalue weighted by molar-refractivity contribution is -0.201. The number of allylic oxidation sites excluding steroid dienone is 1. The number of carbonyl (C=O) groups is 1. The van der Waals surface area contributed by atoms with Gasteiger partial charge in [-0.3, -0.25) is 4.79 Å². The van der Waals surface area contributed by atoms with E-state index >= 15 is 0 Å². The van der Waals surface area contributed by atoms with Crippen molar-refractivity contribution >= 4 is 5.91 Å². The molecular formula is C21H27NO2. The molecule has 1 spiro atoms. The highest BCUT2D eigenvalue weighted by atomic mass is 16.5. The van der Waals surface area contributed by atoms with E-state index in [0.29, 0.717) is 30.8 Å². The van der Waals surface area contributed by atoms with Gasteiger partial charge in [0, 0.05) is 12.3 Å². The van der Waals surface area contributed by atoms with Crippen LogP contribution >= 0.6 is 0 Å². The van der Waals surface area contributed by atoms with Gasteiger partial charge in [0.25, 0.3) is 0 Å². The van der Waals surface area contributed by atoms with Crippen molar-refractivity contribution in [3.8, 4) is 0 Å². The quantitative estimate of drug-likeness (QED) is 0.775. The molecule has 0 N–H and O–H groups in total. The summed E-state index contributed by atoms with van der Waals surface area (Å²) in [6.45, 7) is 6.88. The van der Waals surface area contributed by atoms with Crippen molar-refractivity contribution in [2.75, 3.05) is 6.61 Å². The summed E-state index contributed by atoms with van der Waals surface area (Å²) in [5.41, 5.74) is 0.808. The molecule has 4 rings (SSSR count). The minimum atomic E-state index is -0.388. The third-order valence-electron chi connectivity index (χ3n) is 6.30. The van der Waals surface area contributed by atoms with Crippen molar-refractivity contribution in [3.05, 3.63) is 48.6 Å². The first-order valence-corrected chi connectivity index (χ1v) is 9.27. The fourth-order valence-electron chi connectivity index (χ4n) is 5.50. The fourth-order valence-corrected chi connectivity index (χ4v) is 5.50. The average molecular weight is 325 g/mol. The Balaban J connectivity index is 1.73. The Labute approximate surface area is 144 Å². The fraction of sp³-hybridized carbons (Fsp3) is 0.571. The van der Waals surface area contributed by atoms with Gasteiger partial charge < -0.3 is 9.64 Å². The molecule has 3 aliphatic rings. The van der Waals surface area contributed by atoms with E-state index in [4.69, 9.17) is 4.74 Å². The highest BCUT2D eigenvalue weighted by Crippen LogP contribution is 2.56. The first-order chi connectivity index (χ1) is 11.7. The minimum absolute atomic E-state index is 0.0659. The van der Waals surface area contributed by atoms with Crippen LogP contribution in [0.2, 0.25) is 0 Å². The first kappa shape index (κ1) is 15.9. The third-order valence-corrected chi connectivity index (χ3v) is 6.30. The van der Waals surface area contributed by atoms with E-state index in [1.54, 1.807) is 0 Å². The summed E-state index contributed by atoms with van der Waals surface area (Å²) in [5, 5.41) is 0. The first-order valence-electron chi connectivity index (χ1n) is 9.27. The van der Waals surface area contributed by atoms with Crippen LogP contribution in [0.4, 0.5) is 0 Å². The number of amides is 1. The van der Waals surface area contributed by atoms with Gasteiger partial charge in [0.05, 0.1) is 12.6 Å². The van der Waals surface area contributed by atoms with Crippen LogP contribution in [0.3, 0.4) is 0 Å². The van der Waals surface area contributed by atoms with Gasteiger partial charge in [-0.05, 0) is 43.1 Å². The zero-order valence-corrected chi connectivity index (χ0v) is 14.5. The molecule has 0 radical (unpaired) electrons. The Morgan fingerprint density at radius 2 is 2.17 bits per heavy atom. The van der Waals surface area contributed by atoms with Crippen LogP contribution in [0, 0.1) is 17.8 Å². The topological polar surface area (TPSA) is 29.5 Å². The molecule has 128 valence electrons. The van der Waals surface area contributed by atoms with Crippen LogP contribution in [0.25, 0.3) is 0 Å². The predicted octanol–water partition coefficient (Wildman–Crippen LogP) is 4.32. The van der Waals surface area contributed by atoms with Crippen LogP contribution in [0.1, 0.15) is 50.6 Å². The Morgan fingerprint density at radius 3 is 2.92 bits per heavy atom. The number of piperidine rings is 1. The summed E-state index contributed by atoms with van der Waals surface area (Å²) in [5.74, 6) is 1.87. The van der Waals surface area contributed by atoms with E-state index in [1.165, 1.54) is 12.0 Å². The van der Waals surface area contributed by atoms with Crippen molar-refractivity contribution in [3.63, 3.8) is 0 Å². The van der Waals surface area contributed by atoms with Crippen molar-refractivity contribution in [1.29, 1.82) is 0 Å². The lowest BCUT2D eigenvalue weighted by atomic mass is 9.64. The summed E-state index contributed by atoms with van der Waals surface area (Å²) in [4.78, 5) is 15.0. The van der Waals surface area contributed by atoms with Crippen molar-refractivity contribution < 1.29 is 9.53 Å². The lowest BCUT2D eigenvalue weighted by Crippen LogP contribution is -2.61. The van der Waals surface area contributed by atoms with Gasteiger partial charge >= 0.3 is 0 Å². The largest absolute Gasteiger partial charge is 0.353 e. The molecule has 1 saturated carbocycles. The van der Waals surface area contributed by atoms with E-state index in [1.807, 2.05) is 12.1 Å². The second kappa shape index (κ2) is 6.03. The van der Waals surface area contributed by atoms with E-state index < -0.39 is 0 Å². The zero-order chi connectivity index (χ0) is 16.7. The summed E-state index contributed by atoms with van der Waals surface area (Å²) in [7, 11) is 0. The summed E-state index contributed by atoms with van der Waals surface area (Å²) >= 11 is 0. The van der Waals surface area contributed by atoms with Gasteiger partial charge in [-0.1, -0.05) is 43.3 Å². The van der Waals surface area contributed by atoms with E-state index in [2.05, 4.69) is 42.7 Å². The monoisotopic (exact) mass is 325 g/mol. The number of hydrogen-bond donors (Lipinski definition) is 0. The molecule has 2 aliphatic heterocycles. The molecular weight excluding hydrogens is 298 g/mol. The van der Waals surface area contributed by atoms with Crippen LogP contribution in [0.15, 0.2) is 43.0 Å². The number of rotatable bonds is 3. The highest BCUT2D eigenvalue weighted by molar-refractivity contribution is 5.79. The molecule has 2 saturated heterocycles. The normalized spacial score (nSPS) is 38.5. The van der Waals surface area contributed by atoms with Gasteiger partial charge in [-0.25, -0.2) is 0 Å². The maximum absolute atomic E-state index is 12.9. The van der Waals surface area contributed by atoms with Gasteiger partial charge in [0.1, 0.15) is 5.72 Å². The Hall–Kier alpha value is -1.61. The molecule has 3 nitrogen and oxygen atoms in total. The van der Waals surface area contributed by atoms with Gasteiger partial charge in [0.15, 0.2) is 0 Å². The van der Waals surface area contributed by atoms with Gasteiger partial charge in [0.2, 0.25) is 5.91 Å². The lowest BCUT2D eigenvalue weighted by Gasteiger charge is -2.54. The molecule has 1 aliphatic carbocycles. The number of benzene rings is 1. The second-order valence-corrected chi connectivity index (χ2v) is 7.82. The number of hydrogen-bond acceptors (Lipinski definition) is 2.